The molecule has 1 aliphatic rings. The normalized spacial score (nSPS) is 22.1. The summed E-state index contributed by atoms with van der Waals surface area (Å²) in [6.45, 7) is 8.93. The Morgan fingerprint density at radius 2 is 2.12 bits per heavy atom. The summed E-state index contributed by atoms with van der Waals surface area (Å²) in [6.07, 6.45) is 0.643. The number of nitrogens with two attached hydrogens (primary N) is 1. The molecule has 0 aromatic rings. The molecule has 0 aromatic heterocycles. The second-order valence-corrected chi connectivity index (χ2v) is 4.82. The standard InChI is InChI=1S/C12H23N3O2/c1-5-14(8(2)3)11(16)9(4)15-7-6-10(13)12(15)17/h8-10H,5-7,13H2,1-4H3/t9-,10-/m0/s1. The number of hydrogen-bond acceptors (Lipinski definition) is 3. The zero-order chi connectivity index (χ0) is 13.2. The highest BCUT2D eigenvalue weighted by atomic mass is 16.2. The van der Waals surface area contributed by atoms with Gasteiger partial charge < -0.3 is 15.5 Å². The molecule has 5 heteroatoms. The van der Waals surface area contributed by atoms with Crippen LogP contribution in [0.1, 0.15) is 34.1 Å². The highest BCUT2D eigenvalue weighted by Crippen LogP contribution is 2.15. The number of carbonyl (C=O) groups is 2. The van der Waals surface area contributed by atoms with Crippen molar-refractivity contribution in [2.75, 3.05) is 13.1 Å². The molecule has 1 saturated heterocycles. The number of carbonyl (C=O) groups excluding carboxylic acids is 2. The second-order valence-electron chi connectivity index (χ2n) is 4.82. The molecule has 1 fully saturated rings. The summed E-state index contributed by atoms with van der Waals surface area (Å²) in [6, 6.07) is -0.681. The van der Waals surface area contributed by atoms with Gasteiger partial charge in [0, 0.05) is 19.1 Å². The summed E-state index contributed by atoms with van der Waals surface area (Å²) in [4.78, 5) is 27.4. The molecular formula is C12H23N3O2. The smallest absolute Gasteiger partial charge is 0.245 e. The van der Waals surface area contributed by atoms with Crippen LogP contribution in [0.2, 0.25) is 0 Å². The van der Waals surface area contributed by atoms with Crippen LogP contribution in [-0.4, -0.2) is 52.8 Å². The van der Waals surface area contributed by atoms with E-state index < -0.39 is 12.1 Å². The lowest BCUT2D eigenvalue weighted by atomic mass is 10.2. The van der Waals surface area contributed by atoms with Gasteiger partial charge in [-0.1, -0.05) is 0 Å². The number of nitrogens with zero attached hydrogens (tertiary/aromatic N) is 2. The minimum atomic E-state index is -0.431. The van der Waals surface area contributed by atoms with E-state index in [-0.39, 0.29) is 17.9 Å². The van der Waals surface area contributed by atoms with Gasteiger partial charge in [-0.25, -0.2) is 0 Å². The summed E-state index contributed by atoms with van der Waals surface area (Å²) in [5.74, 6) is -0.101. The zero-order valence-corrected chi connectivity index (χ0v) is 11.1. The molecule has 2 N–H and O–H groups in total. The molecule has 0 unspecified atom stereocenters. The molecule has 1 aliphatic heterocycles. The van der Waals surface area contributed by atoms with Crippen molar-refractivity contribution in [3.8, 4) is 0 Å². The predicted octanol–water partition coefficient (Wildman–Crippen LogP) is 0.191. The lowest BCUT2D eigenvalue weighted by Crippen LogP contribution is -2.51. The summed E-state index contributed by atoms with van der Waals surface area (Å²) in [7, 11) is 0. The number of hydrogen-bond donors (Lipinski definition) is 1. The van der Waals surface area contributed by atoms with Crippen LogP contribution in [0.4, 0.5) is 0 Å². The molecule has 98 valence electrons. The summed E-state index contributed by atoms with van der Waals surface area (Å²) in [5, 5.41) is 0. The van der Waals surface area contributed by atoms with Gasteiger partial charge in [-0.3, -0.25) is 9.59 Å². The maximum absolute atomic E-state index is 12.2. The van der Waals surface area contributed by atoms with E-state index in [2.05, 4.69) is 0 Å². The van der Waals surface area contributed by atoms with Crippen LogP contribution in [0.5, 0.6) is 0 Å². The minimum Gasteiger partial charge on any atom is -0.339 e. The van der Waals surface area contributed by atoms with Crippen LogP contribution in [0.3, 0.4) is 0 Å². The van der Waals surface area contributed by atoms with Crippen molar-refractivity contribution < 1.29 is 9.59 Å². The molecule has 1 rings (SSSR count). The highest BCUT2D eigenvalue weighted by Gasteiger charge is 2.36. The molecule has 0 aromatic carbocycles. The predicted molar refractivity (Wildman–Crippen MR) is 66.3 cm³/mol. The van der Waals surface area contributed by atoms with Crippen LogP contribution in [0, 0.1) is 0 Å². The van der Waals surface area contributed by atoms with Crippen molar-refractivity contribution in [1.82, 2.24) is 9.80 Å². The third-order valence-electron chi connectivity index (χ3n) is 3.35. The van der Waals surface area contributed by atoms with E-state index in [1.807, 2.05) is 20.8 Å². The van der Waals surface area contributed by atoms with Crippen molar-refractivity contribution in [2.24, 2.45) is 5.73 Å². The molecule has 2 amide bonds. The number of likely N-dealkylation sites (tertiary alicyclic amines) is 1. The molecule has 0 saturated carbocycles. The first-order valence-corrected chi connectivity index (χ1v) is 6.26. The summed E-state index contributed by atoms with van der Waals surface area (Å²) >= 11 is 0. The molecule has 0 bridgehead atoms. The number of rotatable bonds is 4. The quantitative estimate of drug-likeness (QED) is 0.764. The fraction of sp³-hybridized carbons (Fsp3) is 0.833. The lowest BCUT2D eigenvalue weighted by Gasteiger charge is -2.32. The fourth-order valence-electron chi connectivity index (χ4n) is 2.26. The maximum Gasteiger partial charge on any atom is 0.245 e. The lowest BCUT2D eigenvalue weighted by molar-refractivity contribution is -0.144. The largest absolute Gasteiger partial charge is 0.339 e. The van der Waals surface area contributed by atoms with E-state index in [0.717, 1.165) is 0 Å². The first kappa shape index (κ1) is 14.0. The van der Waals surface area contributed by atoms with E-state index >= 15 is 0 Å². The average Bonchev–Trinajstić information content (AvgIpc) is 2.59. The molecule has 17 heavy (non-hydrogen) atoms. The van der Waals surface area contributed by atoms with Gasteiger partial charge in [0.25, 0.3) is 0 Å². The Balaban J connectivity index is 2.73. The Bertz CT molecular complexity index is 304. The fourth-order valence-corrected chi connectivity index (χ4v) is 2.26. The third-order valence-corrected chi connectivity index (χ3v) is 3.35. The van der Waals surface area contributed by atoms with Crippen molar-refractivity contribution in [3.05, 3.63) is 0 Å². The van der Waals surface area contributed by atoms with E-state index in [4.69, 9.17) is 5.73 Å². The molecule has 0 spiro atoms. The topological polar surface area (TPSA) is 66.6 Å². The van der Waals surface area contributed by atoms with Gasteiger partial charge in [0.1, 0.15) is 6.04 Å². The van der Waals surface area contributed by atoms with Crippen LogP contribution >= 0.6 is 0 Å². The molecule has 0 radical (unpaired) electrons. The van der Waals surface area contributed by atoms with E-state index in [9.17, 15) is 9.59 Å². The van der Waals surface area contributed by atoms with Gasteiger partial charge in [0.2, 0.25) is 11.8 Å². The van der Waals surface area contributed by atoms with Crippen LogP contribution in [0.25, 0.3) is 0 Å². The monoisotopic (exact) mass is 241 g/mol. The van der Waals surface area contributed by atoms with Gasteiger partial charge in [0.15, 0.2) is 0 Å². The SMILES string of the molecule is CCN(C(=O)[C@H](C)N1CC[C@H](N)C1=O)C(C)C. The highest BCUT2D eigenvalue weighted by molar-refractivity contribution is 5.90. The van der Waals surface area contributed by atoms with Crippen LogP contribution in [0.15, 0.2) is 0 Å². The van der Waals surface area contributed by atoms with E-state index in [0.29, 0.717) is 19.5 Å². The summed E-state index contributed by atoms with van der Waals surface area (Å²) in [5.41, 5.74) is 5.66. The third kappa shape index (κ3) is 2.77. The van der Waals surface area contributed by atoms with E-state index in [1.165, 1.54) is 0 Å². The van der Waals surface area contributed by atoms with E-state index in [1.54, 1.807) is 16.7 Å². The maximum atomic E-state index is 12.2. The van der Waals surface area contributed by atoms with Crippen molar-refractivity contribution in [3.63, 3.8) is 0 Å². The Labute approximate surface area is 103 Å². The summed E-state index contributed by atoms with van der Waals surface area (Å²) < 4.78 is 0. The van der Waals surface area contributed by atoms with Crippen LogP contribution < -0.4 is 5.73 Å². The Kier molecular flexibility index (Phi) is 4.51. The Morgan fingerprint density at radius 1 is 1.53 bits per heavy atom. The first-order valence-electron chi connectivity index (χ1n) is 6.26. The average molecular weight is 241 g/mol. The minimum absolute atomic E-state index is 0.00458. The molecule has 5 nitrogen and oxygen atoms in total. The molecule has 0 aliphatic carbocycles. The Morgan fingerprint density at radius 3 is 2.47 bits per heavy atom. The molecule has 2 atom stereocenters. The van der Waals surface area contributed by atoms with Crippen LogP contribution in [-0.2, 0) is 9.59 Å². The molecule has 1 heterocycles. The number of amides is 2. The van der Waals surface area contributed by atoms with Gasteiger partial charge in [0.05, 0.1) is 6.04 Å². The van der Waals surface area contributed by atoms with Gasteiger partial charge in [-0.2, -0.15) is 0 Å². The van der Waals surface area contributed by atoms with Gasteiger partial charge >= 0.3 is 0 Å². The number of likely N-dealkylation sites (N-methyl/N-ethyl adjacent to an activating group) is 1. The van der Waals surface area contributed by atoms with Gasteiger partial charge in [-0.05, 0) is 34.1 Å². The zero-order valence-electron chi connectivity index (χ0n) is 11.1. The Hall–Kier alpha value is -1.10. The molecular weight excluding hydrogens is 218 g/mol. The van der Waals surface area contributed by atoms with Gasteiger partial charge in [-0.15, -0.1) is 0 Å². The first-order chi connectivity index (χ1) is 7.90. The second kappa shape index (κ2) is 5.49. The van der Waals surface area contributed by atoms with Crippen molar-refractivity contribution >= 4 is 11.8 Å². The van der Waals surface area contributed by atoms with Crippen molar-refractivity contribution in [1.29, 1.82) is 0 Å². The van der Waals surface area contributed by atoms with Crippen molar-refractivity contribution in [2.45, 2.75) is 52.2 Å².